The number of carboxylic acids is 1. The number of nitrogens with one attached hydrogen (secondary N) is 1. The molecule has 1 heterocycles. The molecule has 6 heteroatoms. The Kier molecular flexibility index (Phi) is 3.87. The fourth-order valence-corrected chi connectivity index (χ4v) is 2.59. The average Bonchev–Trinajstić information content (AvgIpc) is 2.75. The summed E-state index contributed by atoms with van der Waals surface area (Å²) in [4.78, 5) is 23.1. The minimum Gasteiger partial charge on any atom is -0.478 e. The van der Waals surface area contributed by atoms with Crippen LogP contribution in [0.3, 0.4) is 0 Å². The summed E-state index contributed by atoms with van der Waals surface area (Å²) < 4.78 is 0. The van der Waals surface area contributed by atoms with Crippen LogP contribution < -0.4 is 5.32 Å². The molecule has 0 bridgehead atoms. The van der Waals surface area contributed by atoms with Gasteiger partial charge in [0, 0.05) is 10.4 Å². The van der Waals surface area contributed by atoms with Gasteiger partial charge in [-0.25, -0.2) is 4.79 Å². The smallest absolute Gasteiger partial charge is 0.337 e. The first-order chi connectivity index (χ1) is 8.99. The lowest BCUT2D eigenvalue weighted by atomic mass is 10.1. The molecule has 2 rings (SSSR count). The van der Waals surface area contributed by atoms with Crippen molar-refractivity contribution < 1.29 is 14.7 Å². The quantitative estimate of drug-likeness (QED) is 0.908. The van der Waals surface area contributed by atoms with Gasteiger partial charge in [-0.2, -0.15) is 11.3 Å². The molecule has 0 saturated heterocycles. The minimum absolute atomic E-state index is 0.00522. The highest BCUT2D eigenvalue weighted by Gasteiger charge is 2.15. The zero-order valence-electron chi connectivity index (χ0n) is 9.94. The number of rotatable bonds is 3. The van der Waals surface area contributed by atoms with E-state index in [-0.39, 0.29) is 17.2 Å². The molecule has 0 unspecified atom stereocenters. The first kappa shape index (κ1) is 13.6. The summed E-state index contributed by atoms with van der Waals surface area (Å²) >= 11 is 7.23. The molecule has 0 aliphatic carbocycles. The van der Waals surface area contributed by atoms with Gasteiger partial charge < -0.3 is 10.4 Å². The van der Waals surface area contributed by atoms with Crippen LogP contribution in [-0.2, 0) is 0 Å². The van der Waals surface area contributed by atoms with Crippen LogP contribution in [-0.4, -0.2) is 17.0 Å². The minimum atomic E-state index is -1.12. The molecule has 2 aromatic rings. The normalized spacial score (nSPS) is 10.2. The SMILES string of the molecule is Cc1cscc1C(=O)Nc1cc(Cl)ccc1C(=O)O. The summed E-state index contributed by atoms with van der Waals surface area (Å²) in [6.45, 7) is 1.82. The number of halogens is 1. The average molecular weight is 296 g/mol. The van der Waals surface area contributed by atoms with Crippen LogP contribution in [0.5, 0.6) is 0 Å². The number of carbonyl (C=O) groups excluding carboxylic acids is 1. The molecule has 0 aliphatic heterocycles. The maximum Gasteiger partial charge on any atom is 0.337 e. The third-order valence-electron chi connectivity index (χ3n) is 2.56. The van der Waals surface area contributed by atoms with Gasteiger partial charge in [0.05, 0.1) is 16.8 Å². The lowest BCUT2D eigenvalue weighted by Crippen LogP contribution is -2.15. The van der Waals surface area contributed by atoms with Crippen LogP contribution in [0, 0.1) is 6.92 Å². The van der Waals surface area contributed by atoms with E-state index in [0.717, 1.165) is 5.56 Å². The number of anilines is 1. The van der Waals surface area contributed by atoms with Crippen molar-refractivity contribution >= 4 is 40.5 Å². The van der Waals surface area contributed by atoms with E-state index < -0.39 is 5.97 Å². The zero-order chi connectivity index (χ0) is 14.0. The van der Waals surface area contributed by atoms with Gasteiger partial charge in [-0.15, -0.1) is 0 Å². The van der Waals surface area contributed by atoms with Gasteiger partial charge in [0.1, 0.15) is 0 Å². The van der Waals surface area contributed by atoms with Gasteiger partial charge in [-0.05, 0) is 36.1 Å². The lowest BCUT2D eigenvalue weighted by molar-refractivity contribution is 0.0698. The van der Waals surface area contributed by atoms with E-state index in [4.69, 9.17) is 16.7 Å². The van der Waals surface area contributed by atoms with E-state index in [2.05, 4.69) is 5.32 Å². The van der Waals surface area contributed by atoms with Crippen molar-refractivity contribution in [2.45, 2.75) is 6.92 Å². The van der Waals surface area contributed by atoms with Gasteiger partial charge in [0.15, 0.2) is 0 Å². The molecule has 0 saturated carbocycles. The Balaban J connectivity index is 2.33. The molecule has 98 valence electrons. The Labute approximate surface area is 118 Å². The van der Waals surface area contributed by atoms with Crippen LogP contribution in [0.2, 0.25) is 5.02 Å². The number of amides is 1. The van der Waals surface area contributed by atoms with Gasteiger partial charge in [0.2, 0.25) is 0 Å². The molecular formula is C13H10ClNO3S. The molecule has 1 aromatic heterocycles. The number of carbonyl (C=O) groups is 2. The van der Waals surface area contributed by atoms with E-state index in [0.29, 0.717) is 10.6 Å². The Morgan fingerprint density at radius 1 is 1.26 bits per heavy atom. The molecule has 2 N–H and O–H groups in total. The fourth-order valence-electron chi connectivity index (χ4n) is 1.59. The Morgan fingerprint density at radius 3 is 2.58 bits per heavy atom. The van der Waals surface area contributed by atoms with Crippen molar-refractivity contribution in [1.29, 1.82) is 0 Å². The summed E-state index contributed by atoms with van der Waals surface area (Å²) in [7, 11) is 0. The van der Waals surface area contributed by atoms with Crippen LogP contribution >= 0.6 is 22.9 Å². The lowest BCUT2D eigenvalue weighted by Gasteiger charge is -2.08. The number of aryl methyl sites for hydroxylation is 1. The second kappa shape index (κ2) is 5.42. The van der Waals surface area contributed by atoms with Crippen LogP contribution in [0.25, 0.3) is 0 Å². The molecule has 0 radical (unpaired) electrons. The molecule has 0 fully saturated rings. The largest absolute Gasteiger partial charge is 0.478 e. The summed E-state index contributed by atoms with van der Waals surface area (Å²) in [5.41, 5.74) is 1.57. The van der Waals surface area contributed by atoms with Crippen LogP contribution in [0.1, 0.15) is 26.3 Å². The third-order valence-corrected chi connectivity index (χ3v) is 3.66. The van der Waals surface area contributed by atoms with E-state index in [9.17, 15) is 9.59 Å². The van der Waals surface area contributed by atoms with E-state index in [1.807, 2.05) is 12.3 Å². The summed E-state index contributed by atoms with van der Waals surface area (Å²) in [5.74, 6) is -1.46. The molecule has 1 amide bonds. The highest BCUT2D eigenvalue weighted by atomic mass is 35.5. The highest BCUT2D eigenvalue weighted by Crippen LogP contribution is 2.23. The maximum atomic E-state index is 12.0. The molecule has 0 atom stereocenters. The molecule has 1 aromatic carbocycles. The zero-order valence-corrected chi connectivity index (χ0v) is 11.5. The van der Waals surface area contributed by atoms with Crippen molar-refractivity contribution in [3.05, 3.63) is 50.7 Å². The third kappa shape index (κ3) is 2.94. The van der Waals surface area contributed by atoms with Crippen LogP contribution in [0.4, 0.5) is 5.69 Å². The van der Waals surface area contributed by atoms with Crippen molar-refractivity contribution in [3.8, 4) is 0 Å². The predicted molar refractivity (Wildman–Crippen MR) is 75.4 cm³/mol. The number of aromatic carboxylic acids is 1. The number of hydrogen-bond donors (Lipinski definition) is 2. The number of hydrogen-bond acceptors (Lipinski definition) is 3. The molecule has 0 aliphatic rings. The van der Waals surface area contributed by atoms with Gasteiger partial charge in [-0.1, -0.05) is 11.6 Å². The molecule has 19 heavy (non-hydrogen) atoms. The van der Waals surface area contributed by atoms with Crippen molar-refractivity contribution in [3.63, 3.8) is 0 Å². The van der Waals surface area contributed by atoms with Gasteiger partial charge in [-0.3, -0.25) is 4.79 Å². The first-order valence-electron chi connectivity index (χ1n) is 5.36. The van der Waals surface area contributed by atoms with Crippen molar-refractivity contribution in [1.82, 2.24) is 0 Å². The summed E-state index contributed by atoms with van der Waals surface area (Å²) in [6.07, 6.45) is 0. The van der Waals surface area contributed by atoms with Crippen LogP contribution in [0.15, 0.2) is 29.0 Å². The predicted octanol–water partition coefficient (Wildman–Crippen LogP) is 3.66. The van der Waals surface area contributed by atoms with Gasteiger partial charge in [0.25, 0.3) is 5.91 Å². The molecule has 0 spiro atoms. The Morgan fingerprint density at radius 2 is 2.00 bits per heavy atom. The Hall–Kier alpha value is -1.85. The topological polar surface area (TPSA) is 66.4 Å². The van der Waals surface area contributed by atoms with E-state index in [1.54, 1.807) is 5.38 Å². The molecular weight excluding hydrogens is 286 g/mol. The standard InChI is InChI=1S/C13H10ClNO3S/c1-7-5-19-6-10(7)12(16)15-11-4-8(14)2-3-9(11)13(17)18/h2-6H,1H3,(H,15,16)(H,17,18). The van der Waals surface area contributed by atoms with Crippen molar-refractivity contribution in [2.24, 2.45) is 0 Å². The maximum absolute atomic E-state index is 12.0. The summed E-state index contributed by atoms with van der Waals surface area (Å²) in [5, 5.41) is 15.6. The second-order valence-corrected chi connectivity index (χ2v) is 5.10. The van der Waals surface area contributed by atoms with E-state index >= 15 is 0 Å². The van der Waals surface area contributed by atoms with E-state index in [1.165, 1.54) is 29.5 Å². The number of thiophene rings is 1. The first-order valence-corrected chi connectivity index (χ1v) is 6.68. The second-order valence-electron chi connectivity index (χ2n) is 3.92. The number of benzene rings is 1. The fraction of sp³-hybridized carbons (Fsp3) is 0.0769. The summed E-state index contributed by atoms with van der Waals surface area (Å²) in [6, 6.07) is 4.25. The highest BCUT2D eigenvalue weighted by molar-refractivity contribution is 7.08. The molecule has 4 nitrogen and oxygen atoms in total. The van der Waals surface area contributed by atoms with Gasteiger partial charge >= 0.3 is 5.97 Å². The number of carboxylic acid groups (broad SMARTS) is 1. The Bertz CT molecular complexity index is 651. The monoisotopic (exact) mass is 295 g/mol. The van der Waals surface area contributed by atoms with Crippen molar-refractivity contribution in [2.75, 3.05) is 5.32 Å².